The molecule has 2 unspecified atom stereocenters. The molecular formula is C20H17F3O4. The van der Waals surface area contributed by atoms with Crippen LogP contribution in [0.4, 0.5) is 13.2 Å². The summed E-state index contributed by atoms with van der Waals surface area (Å²) in [5, 5.41) is 0. The van der Waals surface area contributed by atoms with Crippen LogP contribution in [0.5, 0.6) is 0 Å². The van der Waals surface area contributed by atoms with Crippen molar-refractivity contribution in [2.24, 2.45) is 5.41 Å². The molecule has 0 amide bonds. The number of cyclic esters (lactones) is 1. The van der Waals surface area contributed by atoms with Gasteiger partial charge in [0.2, 0.25) is 0 Å². The maximum absolute atomic E-state index is 12.8. The summed E-state index contributed by atoms with van der Waals surface area (Å²) < 4.78 is 48.7. The van der Waals surface area contributed by atoms with E-state index in [9.17, 15) is 22.8 Å². The molecule has 1 aliphatic rings. The van der Waals surface area contributed by atoms with E-state index >= 15 is 0 Å². The van der Waals surface area contributed by atoms with Gasteiger partial charge in [0.1, 0.15) is 11.5 Å². The third-order valence-electron chi connectivity index (χ3n) is 4.71. The fourth-order valence-corrected chi connectivity index (χ4v) is 3.44. The van der Waals surface area contributed by atoms with Crippen molar-refractivity contribution < 1.29 is 32.2 Å². The summed E-state index contributed by atoms with van der Waals surface area (Å²) in [7, 11) is 1.21. The van der Waals surface area contributed by atoms with Gasteiger partial charge in [-0.25, -0.2) is 0 Å². The molecule has 3 rings (SSSR count). The highest BCUT2D eigenvalue weighted by atomic mass is 19.4. The van der Waals surface area contributed by atoms with Crippen LogP contribution in [0.3, 0.4) is 0 Å². The molecule has 4 nitrogen and oxygen atoms in total. The normalized spacial score (nSPS) is 22.4. The van der Waals surface area contributed by atoms with Crippen molar-refractivity contribution in [3.05, 3.63) is 71.3 Å². The minimum absolute atomic E-state index is 0.0170. The van der Waals surface area contributed by atoms with E-state index in [2.05, 4.69) is 0 Å². The molecule has 0 aliphatic carbocycles. The Hall–Kier alpha value is -2.83. The van der Waals surface area contributed by atoms with Gasteiger partial charge in [-0.05, 0) is 29.7 Å². The smallest absolute Gasteiger partial charge is 0.416 e. The third kappa shape index (κ3) is 3.67. The number of ether oxygens (including phenoxy) is 2. The Bertz CT molecular complexity index is 831. The zero-order chi connectivity index (χ0) is 19.7. The van der Waals surface area contributed by atoms with Crippen molar-refractivity contribution in [2.45, 2.75) is 25.1 Å². The van der Waals surface area contributed by atoms with Crippen molar-refractivity contribution in [1.82, 2.24) is 0 Å². The second-order valence-corrected chi connectivity index (χ2v) is 6.48. The molecule has 0 aromatic heterocycles. The van der Waals surface area contributed by atoms with Crippen LogP contribution >= 0.6 is 0 Å². The first-order valence-corrected chi connectivity index (χ1v) is 8.25. The van der Waals surface area contributed by atoms with Gasteiger partial charge < -0.3 is 9.47 Å². The van der Waals surface area contributed by atoms with Crippen LogP contribution < -0.4 is 0 Å². The lowest BCUT2D eigenvalue weighted by atomic mass is 9.73. The van der Waals surface area contributed by atoms with Gasteiger partial charge in [-0.2, -0.15) is 13.2 Å². The first-order valence-electron chi connectivity index (χ1n) is 8.25. The van der Waals surface area contributed by atoms with Gasteiger partial charge >= 0.3 is 18.1 Å². The lowest BCUT2D eigenvalue weighted by Gasteiger charge is -2.30. The Labute approximate surface area is 153 Å². The molecule has 1 saturated heterocycles. The number of methoxy groups -OCH3 is 1. The van der Waals surface area contributed by atoms with Crippen molar-refractivity contribution in [3.63, 3.8) is 0 Å². The Morgan fingerprint density at radius 2 is 1.78 bits per heavy atom. The molecule has 0 saturated carbocycles. The van der Waals surface area contributed by atoms with Gasteiger partial charge in [0.25, 0.3) is 0 Å². The zero-order valence-corrected chi connectivity index (χ0v) is 14.5. The van der Waals surface area contributed by atoms with Crippen LogP contribution in [0.25, 0.3) is 0 Å². The van der Waals surface area contributed by atoms with Crippen LogP contribution in [0, 0.1) is 5.41 Å². The first-order chi connectivity index (χ1) is 12.8. The highest BCUT2D eigenvalue weighted by Gasteiger charge is 2.56. The molecule has 1 heterocycles. The lowest BCUT2D eigenvalue weighted by molar-refractivity contribution is -0.157. The monoisotopic (exact) mass is 378 g/mol. The summed E-state index contributed by atoms with van der Waals surface area (Å²) in [5.74, 6) is -1.19. The Morgan fingerprint density at radius 1 is 1.15 bits per heavy atom. The first kappa shape index (κ1) is 18.9. The van der Waals surface area contributed by atoms with Crippen molar-refractivity contribution in [3.8, 4) is 0 Å². The molecule has 2 aromatic carbocycles. The van der Waals surface area contributed by atoms with Crippen LogP contribution in [0.15, 0.2) is 54.6 Å². The number of hydrogen-bond donors (Lipinski definition) is 0. The molecule has 142 valence electrons. The summed E-state index contributed by atoms with van der Waals surface area (Å²) in [5.41, 5.74) is -1.02. The van der Waals surface area contributed by atoms with Crippen LogP contribution in [-0.4, -0.2) is 19.0 Å². The van der Waals surface area contributed by atoms with E-state index in [0.717, 1.165) is 12.1 Å². The van der Waals surface area contributed by atoms with E-state index < -0.39 is 35.2 Å². The second kappa shape index (κ2) is 7.06. The van der Waals surface area contributed by atoms with Gasteiger partial charge in [-0.1, -0.05) is 42.5 Å². The lowest BCUT2D eigenvalue weighted by Crippen LogP contribution is -2.37. The molecule has 2 aromatic rings. The van der Waals surface area contributed by atoms with Crippen LogP contribution in [0.1, 0.15) is 29.2 Å². The average Bonchev–Trinajstić information content (AvgIpc) is 2.98. The number of benzene rings is 2. The quantitative estimate of drug-likeness (QED) is 0.752. The third-order valence-corrected chi connectivity index (χ3v) is 4.71. The van der Waals surface area contributed by atoms with E-state index in [1.54, 1.807) is 30.3 Å². The highest BCUT2D eigenvalue weighted by Crippen LogP contribution is 2.49. The predicted octanol–water partition coefficient (Wildman–Crippen LogP) is 4.10. The SMILES string of the molecule is COC(=O)C1(Cc2ccc(C(F)(F)F)cc2)CC(=O)OC1c1ccccc1. The van der Waals surface area contributed by atoms with Gasteiger partial charge in [0, 0.05) is 0 Å². The number of carbonyl (C=O) groups is 2. The van der Waals surface area contributed by atoms with Crippen LogP contribution in [0.2, 0.25) is 0 Å². The largest absolute Gasteiger partial charge is 0.468 e. The average molecular weight is 378 g/mol. The molecule has 1 aliphatic heterocycles. The van der Waals surface area contributed by atoms with E-state index in [0.29, 0.717) is 11.1 Å². The van der Waals surface area contributed by atoms with Crippen LogP contribution in [-0.2, 0) is 31.7 Å². The number of esters is 2. The summed E-state index contributed by atoms with van der Waals surface area (Å²) in [4.78, 5) is 24.7. The summed E-state index contributed by atoms with van der Waals surface area (Å²) in [6, 6.07) is 13.3. The molecule has 27 heavy (non-hydrogen) atoms. The van der Waals surface area contributed by atoms with Gasteiger partial charge in [0.15, 0.2) is 0 Å². The standard InChI is InChI=1S/C20H17F3O4/c1-26-18(25)19(11-13-7-9-15(10-8-13)20(21,22)23)12-16(24)27-17(19)14-5-3-2-4-6-14/h2-10,17H,11-12H2,1H3. The molecule has 1 fully saturated rings. The van der Waals surface area contributed by atoms with E-state index in [4.69, 9.17) is 9.47 Å². The number of halogens is 3. The molecule has 0 spiro atoms. The van der Waals surface area contributed by atoms with E-state index in [1.165, 1.54) is 19.2 Å². The summed E-state index contributed by atoms with van der Waals surface area (Å²) in [6.45, 7) is 0. The Morgan fingerprint density at radius 3 is 2.33 bits per heavy atom. The molecule has 0 radical (unpaired) electrons. The topological polar surface area (TPSA) is 52.6 Å². The van der Waals surface area contributed by atoms with Gasteiger partial charge in [0.05, 0.1) is 19.1 Å². The molecule has 0 bridgehead atoms. The molecule has 2 atom stereocenters. The maximum Gasteiger partial charge on any atom is 0.416 e. The minimum atomic E-state index is -4.45. The number of rotatable bonds is 4. The Kier molecular flexibility index (Phi) is 4.95. The fourth-order valence-electron chi connectivity index (χ4n) is 3.44. The predicted molar refractivity (Wildman–Crippen MR) is 89.5 cm³/mol. The van der Waals surface area contributed by atoms with E-state index in [1.807, 2.05) is 0 Å². The second-order valence-electron chi connectivity index (χ2n) is 6.48. The molecular weight excluding hydrogens is 361 g/mol. The fraction of sp³-hybridized carbons (Fsp3) is 0.300. The zero-order valence-electron chi connectivity index (χ0n) is 14.5. The van der Waals surface area contributed by atoms with Gasteiger partial charge in [-0.3, -0.25) is 9.59 Å². The van der Waals surface area contributed by atoms with Crippen molar-refractivity contribution >= 4 is 11.9 Å². The van der Waals surface area contributed by atoms with Gasteiger partial charge in [-0.15, -0.1) is 0 Å². The molecule has 7 heteroatoms. The van der Waals surface area contributed by atoms with Crippen molar-refractivity contribution in [1.29, 1.82) is 0 Å². The number of hydrogen-bond acceptors (Lipinski definition) is 4. The van der Waals surface area contributed by atoms with Crippen molar-refractivity contribution in [2.75, 3.05) is 7.11 Å². The van der Waals surface area contributed by atoms with E-state index in [-0.39, 0.29) is 12.8 Å². The summed E-state index contributed by atoms with van der Waals surface area (Å²) in [6.07, 6.45) is -5.51. The number of carbonyl (C=O) groups excluding carboxylic acids is 2. The summed E-state index contributed by atoms with van der Waals surface area (Å²) >= 11 is 0. The number of alkyl halides is 3. The Balaban J connectivity index is 2.00. The highest BCUT2D eigenvalue weighted by molar-refractivity contribution is 5.87. The molecule has 0 N–H and O–H groups in total. The maximum atomic E-state index is 12.8. The minimum Gasteiger partial charge on any atom is -0.468 e.